The van der Waals surface area contributed by atoms with Crippen LogP contribution in [0.5, 0.6) is 11.5 Å². The molecule has 0 aliphatic rings. The molecule has 0 heterocycles. The van der Waals surface area contributed by atoms with Crippen molar-refractivity contribution in [2.75, 3.05) is 13.7 Å². The molecule has 0 radical (unpaired) electrons. The van der Waals surface area contributed by atoms with E-state index in [-0.39, 0.29) is 0 Å². The molecule has 0 spiro atoms. The topological polar surface area (TPSA) is 18.5 Å². The van der Waals surface area contributed by atoms with Crippen LogP contribution in [0.15, 0.2) is 61.2 Å². The summed E-state index contributed by atoms with van der Waals surface area (Å²) >= 11 is 0. The third kappa shape index (κ3) is 3.14. The smallest absolute Gasteiger partial charge is 0.119 e. The van der Waals surface area contributed by atoms with Crippen molar-refractivity contribution in [2.45, 2.75) is 0 Å². The molecule has 0 saturated carbocycles. The molecule has 0 unspecified atom stereocenters. The molecule has 0 saturated heterocycles. The van der Waals surface area contributed by atoms with Gasteiger partial charge < -0.3 is 9.47 Å². The summed E-state index contributed by atoms with van der Waals surface area (Å²) in [5, 5.41) is 0. The molecule has 18 heavy (non-hydrogen) atoms. The number of benzene rings is 2. The van der Waals surface area contributed by atoms with Crippen LogP contribution in [0.25, 0.3) is 5.57 Å². The van der Waals surface area contributed by atoms with Crippen LogP contribution in [-0.4, -0.2) is 13.7 Å². The minimum atomic E-state index is 0.482. The zero-order valence-corrected chi connectivity index (χ0v) is 10.4. The van der Waals surface area contributed by atoms with E-state index in [0.717, 1.165) is 22.6 Å². The molecule has 2 nitrogen and oxygen atoms in total. The van der Waals surface area contributed by atoms with Crippen LogP contribution >= 0.6 is 0 Å². The zero-order valence-electron chi connectivity index (χ0n) is 10.4. The first-order chi connectivity index (χ1) is 8.79. The number of hydrogen-bond acceptors (Lipinski definition) is 2. The molecule has 2 aromatic rings. The van der Waals surface area contributed by atoms with Gasteiger partial charge in [0.15, 0.2) is 0 Å². The maximum atomic E-state index is 5.65. The van der Waals surface area contributed by atoms with Crippen LogP contribution in [-0.2, 0) is 0 Å². The van der Waals surface area contributed by atoms with Gasteiger partial charge in [-0.25, -0.2) is 0 Å². The number of methoxy groups -OCH3 is 1. The van der Waals surface area contributed by atoms with Gasteiger partial charge in [-0.1, -0.05) is 36.9 Å². The van der Waals surface area contributed by atoms with Crippen molar-refractivity contribution in [1.82, 2.24) is 0 Å². The van der Waals surface area contributed by atoms with Gasteiger partial charge in [-0.15, -0.1) is 0 Å². The summed E-state index contributed by atoms with van der Waals surface area (Å²) in [6, 6.07) is 17.5. The number of hydrogen-bond donors (Lipinski definition) is 0. The molecule has 2 aromatic carbocycles. The summed E-state index contributed by atoms with van der Waals surface area (Å²) in [5.41, 5.74) is 2.01. The highest BCUT2D eigenvalue weighted by Gasteiger charge is 2.00. The van der Waals surface area contributed by atoms with E-state index in [9.17, 15) is 0 Å². The molecule has 2 heteroatoms. The Kier molecular flexibility index (Phi) is 4.02. The van der Waals surface area contributed by atoms with E-state index in [1.165, 1.54) is 0 Å². The average molecular weight is 240 g/mol. The van der Waals surface area contributed by atoms with Gasteiger partial charge in [0.05, 0.1) is 7.11 Å². The Morgan fingerprint density at radius 2 is 1.61 bits per heavy atom. The van der Waals surface area contributed by atoms with Crippen LogP contribution in [0.1, 0.15) is 5.56 Å². The zero-order chi connectivity index (χ0) is 12.8. The fraction of sp³-hybridized carbons (Fsp3) is 0.125. The van der Waals surface area contributed by atoms with Gasteiger partial charge >= 0.3 is 0 Å². The maximum Gasteiger partial charge on any atom is 0.119 e. The predicted molar refractivity (Wildman–Crippen MR) is 74.0 cm³/mol. The largest absolute Gasteiger partial charge is 0.497 e. The molecule has 0 aromatic heterocycles. The fourth-order valence-corrected chi connectivity index (χ4v) is 1.60. The Labute approximate surface area is 107 Å². The van der Waals surface area contributed by atoms with E-state index in [1.807, 2.05) is 54.6 Å². The number of ether oxygens (including phenoxy) is 2. The molecular formula is C16H16O2. The standard InChI is InChI=1S/C16H16O2/c1-13(12-18-16-6-4-3-5-7-16)14-8-10-15(17-2)11-9-14/h3-11H,1,12H2,2H3. The number of para-hydroxylation sites is 1. The molecule has 0 atom stereocenters. The molecule has 0 aliphatic carbocycles. The fourth-order valence-electron chi connectivity index (χ4n) is 1.60. The van der Waals surface area contributed by atoms with Gasteiger partial charge in [-0.2, -0.15) is 0 Å². The van der Waals surface area contributed by atoms with Gasteiger partial charge in [0.2, 0.25) is 0 Å². The highest BCUT2D eigenvalue weighted by atomic mass is 16.5. The molecule has 0 amide bonds. The maximum absolute atomic E-state index is 5.65. The lowest BCUT2D eigenvalue weighted by atomic mass is 10.1. The molecule has 92 valence electrons. The van der Waals surface area contributed by atoms with Gasteiger partial charge in [0.1, 0.15) is 18.1 Å². The highest BCUT2D eigenvalue weighted by molar-refractivity contribution is 5.64. The second-order valence-electron chi connectivity index (χ2n) is 3.93. The SMILES string of the molecule is C=C(COc1ccccc1)c1ccc(OC)cc1. The van der Waals surface area contributed by atoms with E-state index in [4.69, 9.17) is 9.47 Å². The normalized spacial score (nSPS) is 9.83. The summed E-state index contributed by atoms with van der Waals surface area (Å²) in [7, 11) is 1.66. The van der Waals surface area contributed by atoms with Gasteiger partial charge in [0.25, 0.3) is 0 Å². The Morgan fingerprint density at radius 1 is 0.944 bits per heavy atom. The molecule has 0 bridgehead atoms. The van der Waals surface area contributed by atoms with Crippen LogP contribution in [0.3, 0.4) is 0 Å². The van der Waals surface area contributed by atoms with Crippen molar-refractivity contribution >= 4 is 5.57 Å². The second kappa shape index (κ2) is 5.92. The summed E-state index contributed by atoms with van der Waals surface area (Å²) in [6.07, 6.45) is 0. The van der Waals surface area contributed by atoms with Crippen molar-refractivity contribution in [2.24, 2.45) is 0 Å². The lowest BCUT2D eigenvalue weighted by molar-refractivity contribution is 0.370. The van der Waals surface area contributed by atoms with E-state index in [1.54, 1.807) is 7.11 Å². The van der Waals surface area contributed by atoms with Crippen molar-refractivity contribution in [3.05, 3.63) is 66.7 Å². The minimum Gasteiger partial charge on any atom is -0.497 e. The third-order valence-corrected chi connectivity index (χ3v) is 2.65. The molecule has 0 fully saturated rings. The predicted octanol–water partition coefficient (Wildman–Crippen LogP) is 3.79. The van der Waals surface area contributed by atoms with Crippen molar-refractivity contribution in [3.63, 3.8) is 0 Å². The van der Waals surface area contributed by atoms with Crippen LogP contribution in [0, 0.1) is 0 Å². The second-order valence-corrected chi connectivity index (χ2v) is 3.93. The van der Waals surface area contributed by atoms with E-state index < -0.39 is 0 Å². The lowest BCUT2D eigenvalue weighted by Gasteiger charge is -2.09. The van der Waals surface area contributed by atoms with Gasteiger partial charge in [-0.3, -0.25) is 0 Å². The average Bonchev–Trinajstić information content (AvgIpc) is 2.46. The van der Waals surface area contributed by atoms with E-state index in [0.29, 0.717) is 6.61 Å². The molecule has 0 N–H and O–H groups in total. The van der Waals surface area contributed by atoms with Crippen molar-refractivity contribution < 1.29 is 9.47 Å². The summed E-state index contributed by atoms with van der Waals surface area (Å²) in [4.78, 5) is 0. The van der Waals surface area contributed by atoms with E-state index >= 15 is 0 Å². The first kappa shape index (κ1) is 12.2. The van der Waals surface area contributed by atoms with Crippen LogP contribution in [0.4, 0.5) is 0 Å². The Morgan fingerprint density at radius 3 is 2.22 bits per heavy atom. The third-order valence-electron chi connectivity index (χ3n) is 2.65. The Balaban J connectivity index is 1.95. The monoisotopic (exact) mass is 240 g/mol. The number of rotatable bonds is 5. The van der Waals surface area contributed by atoms with Crippen molar-refractivity contribution in [3.8, 4) is 11.5 Å². The molecular weight excluding hydrogens is 224 g/mol. The lowest BCUT2D eigenvalue weighted by Crippen LogP contribution is -1.99. The van der Waals surface area contributed by atoms with Crippen molar-refractivity contribution in [1.29, 1.82) is 0 Å². The molecule has 2 rings (SSSR count). The Bertz CT molecular complexity index is 500. The van der Waals surface area contributed by atoms with E-state index in [2.05, 4.69) is 6.58 Å². The molecule has 0 aliphatic heterocycles. The first-order valence-corrected chi connectivity index (χ1v) is 5.79. The van der Waals surface area contributed by atoms with Crippen LogP contribution in [0.2, 0.25) is 0 Å². The summed E-state index contributed by atoms with van der Waals surface area (Å²) in [5.74, 6) is 1.70. The summed E-state index contributed by atoms with van der Waals surface area (Å²) in [6.45, 7) is 4.51. The Hall–Kier alpha value is -2.22. The van der Waals surface area contributed by atoms with Gasteiger partial charge in [-0.05, 0) is 35.4 Å². The van der Waals surface area contributed by atoms with Gasteiger partial charge in [0, 0.05) is 0 Å². The van der Waals surface area contributed by atoms with Crippen LogP contribution < -0.4 is 9.47 Å². The summed E-state index contributed by atoms with van der Waals surface area (Å²) < 4.78 is 10.8. The minimum absolute atomic E-state index is 0.482. The quantitative estimate of drug-likeness (QED) is 0.791. The highest BCUT2D eigenvalue weighted by Crippen LogP contribution is 2.18. The first-order valence-electron chi connectivity index (χ1n) is 5.79.